The molecular formula is C18H18F2N2O4. The van der Waals surface area contributed by atoms with Gasteiger partial charge in [-0.05, 0) is 36.8 Å². The first kappa shape index (κ1) is 17.8. The lowest BCUT2D eigenvalue weighted by atomic mass is 10.2. The molecule has 138 valence electrons. The summed E-state index contributed by atoms with van der Waals surface area (Å²) in [4.78, 5) is 14.1. The number of alkyl halides is 2. The minimum Gasteiger partial charge on any atom is -0.454 e. The number of benzene rings is 2. The molecule has 0 spiro atoms. The molecule has 1 N–H and O–H groups in total. The van der Waals surface area contributed by atoms with Crippen LogP contribution in [0.1, 0.15) is 12.5 Å². The first-order chi connectivity index (χ1) is 12.5. The largest absolute Gasteiger partial charge is 0.454 e. The van der Waals surface area contributed by atoms with Crippen molar-refractivity contribution in [3.05, 3.63) is 48.0 Å². The van der Waals surface area contributed by atoms with E-state index in [0.717, 1.165) is 5.56 Å². The topological polar surface area (TPSA) is 60.0 Å². The molecule has 2 aromatic carbocycles. The molecule has 0 saturated heterocycles. The van der Waals surface area contributed by atoms with Crippen molar-refractivity contribution >= 4 is 11.7 Å². The molecule has 2 amide bonds. The van der Waals surface area contributed by atoms with Gasteiger partial charge in [0.05, 0.1) is 0 Å². The van der Waals surface area contributed by atoms with E-state index in [4.69, 9.17) is 9.47 Å². The van der Waals surface area contributed by atoms with Crippen molar-refractivity contribution in [1.82, 2.24) is 4.90 Å². The van der Waals surface area contributed by atoms with Crippen LogP contribution in [-0.2, 0) is 6.54 Å². The standard InChI is InChI=1S/C18H18F2N2O4/c1-2-22(10-12-6-7-15-16(8-12)25-11-24-15)18(23)21-13-4-3-5-14(9-13)26-17(19)20/h3-9,17H,2,10-11H2,1H3,(H,21,23). The summed E-state index contributed by atoms with van der Waals surface area (Å²) in [6.45, 7) is -0.0461. The minimum absolute atomic E-state index is 0.0170. The van der Waals surface area contributed by atoms with Gasteiger partial charge in [0.1, 0.15) is 5.75 Å². The Balaban J connectivity index is 1.65. The summed E-state index contributed by atoms with van der Waals surface area (Å²) in [5, 5.41) is 2.69. The normalized spacial score (nSPS) is 12.2. The average molecular weight is 364 g/mol. The van der Waals surface area contributed by atoms with Gasteiger partial charge in [0, 0.05) is 24.8 Å². The second kappa shape index (κ2) is 7.90. The smallest absolute Gasteiger partial charge is 0.387 e. The Kier molecular flexibility index (Phi) is 5.40. The third kappa shape index (κ3) is 4.33. The lowest BCUT2D eigenvalue weighted by molar-refractivity contribution is -0.0498. The predicted octanol–water partition coefficient (Wildman–Crippen LogP) is 4.07. The lowest BCUT2D eigenvalue weighted by Crippen LogP contribution is -2.34. The average Bonchev–Trinajstić information content (AvgIpc) is 3.07. The molecule has 0 unspecified atom stereocenters. The quantitative estimate of drug-likeness (QED) is 0.839. The third-order valence-electron chi connectivity index (χ3n) is 3.79. The SMILES string of the molecule is CCN(Cc1ccc2c(c1)OCO2)C(=O)Nc1cccc(OC(F)F)c1. The molecule has 0 radical (unpaired) electrons. The number of nitrogens with zero attached hydrogens (tertiary/aromatic N) is 1. The van der Waals surface area contributed by atoms with Crippen LogP contribution in [0, 0.1) is 0 Å². The van der Waals surface area contributed by atoms with E-state index in [-0.39, 0.29) is 18.6 Å². The van der Waals surface area contributed by atoms with Crippen LogP contribution in [0.25, 0.3) is 0 Å². The second-order valence-electron chi connectivity index (χ2n) is 5.54. The molecular weight excluding hydrogens is 346 g/mol. The van der Waals surface area contributed by atoms with E-state index < -0.39 is 6.61 Å². The number of amides is 2. The molecule has 1 heterocycles. The van der Waals surface area contributed by atoms with E-state index in [1.54, 1.807) is 17.0 Å². The maximum Gasteiger partial charge on any atom is 0.387 e. The van der Waals surface area contributed by atoms with E-state index in [0.29, 0.717) is 30.3 Å². The van der Waals surface area contributed by atoms with Crippen molar-refractivity contribution in [3.8, 4) is 17.2 Å². The van der Waals surface area contributed by atoms with Gasteiger partial charge in [-0.25, -0.2) is 4.79 Å². The fourth-order valence-corrected chi connectivity index (χ4v) is 2.54. The van der Waals surface area contributed by atoms with Gasteiger partial charge in [-0.2, -0.15) is 8.78 Å². The molecule has 1 aliphatic heterocycles. The zero-order chi connectivity index (χ0) is 18.5. The van der Waals surface area contributed by atoms with Crippen LogP contribution >= 0.6 is 0 Å². The minimum atomic E-state index is -2.92. The molecule has 6 nitrogen and oxygen atoms in total. The Hall–Kier alpha value is -3.03. The third-order valence-corrected chi connectivity index (χ3v) is 3.79. The number of fused-ring (bicyclic) bond motifs is 1. The van der Waals surface area contributed by atoms with E-state index in [1.807, 2.05) is 19.1 Å². The second-order valence-corrected chi connectivity index (χ2v) is 5.54. The maximum atomic E-state index is 12.5. The molecule has 0 aliphatic carbocycles. The summed E-state index contributed by atoms with van der Waals surface area (Å²) in [6.07, 6.45) is 0. The van der Waals surface area contributed by atoms with Crippen LogP contribution in [0.3, 0.4) is 0 Å². The number of nitrogens with one attached hydrogen (secondary N) is 1. The summed E-state index contributed by atoms with van der Waals surface area (Å²) in [7, 11) is 0. The summed E-state index contributed by atoms with van der Waals surface area (Å²) < 4.78 is 39.5. The Morgan fingerprint density at radius 1 is 1.23 bits per heavy atom. The number of carbonyl (C=O) groups is 1. The monoisotopic (exact) mass is 364 g/mol. The Bertz CT molecular complexity index is 786. The van der Waals surface area contributed by atoms with Gasteiger partial charge >= 0.3 is 12.6 Å². The van der Waals surface area contributed by atoms with Gasteiger partial charge in [-0.15, -0.1) is 0 Å². The highest BCUT2D eigenvalue weighted by Crippen LogP contribution is 2.32. The highest BCUT2D eigenvalue weighted by Gasteiger charge is 2.17. The van der Waals surface area contributed by atoms with Gasteiger partial charge in [0.25, 0.3) is 0 Å². The fraction of sp³-hybridized carbons (Fsp3) is 0.278. The van der Waals surface area contributed by atoms with Crippen LogP contribution in [-0.4, -0.2) is 30.9 Å². The van der Waals surface area contributed by atoms with Crippen molar-refractivity contribution in [1.29, 1.82) is 0 Å². The Morgan fingerprint density at radius 2 is 2.04 bits per heavy atom. The number of ether oxygens (including phenoxy) is 3. The molecule has 0 bridgehead atoms. The van der Waals surface area contributed by atoms with Gasteiger partial charge in [-0.3, -0.25) is 0 Å². The van der Waals surface area contributed by atoms with Gasteiger partial charge in [-0.1, -0.05) is 12.1 Å². The first-order valence-electron chi connectivity index (χ1n) is 8.04. The number of anilines is 1. The molecule has 0 saturated carbocycles. The molecule has 1 aliphatic rings. The van der Waals surface area contributed by atoms with Crippen molar-refractivity contribution in [3.63, 3.8) is 0 Å². The zero-order valence-corrected chi connectivity index (χ0v) is 14.1. The van der Waals surface area contributed by atoms with Crippen molar-refractivity contribution in [2.75, 3.05) is 18.7 Å². The van der Waals surface area contributed by atoms with Crippen molar-refractivity contribution < 1.29 is 27.8 Å². The number of rotatable bonds is 6. The van der Waals surface area contributed by atoms with Gasteiger partial charge in [0.2, 0.25) is 6.79 Å². The van der Waals surface area contributed by atoms with E-state index in [2.05, 4.69) is 10.1 Å². The molecule has 26 heavy (non-hydrogen) atoms. The molecule has 0 atom stereocenters. The van der Waals surface area contributed by atoms with Crippen LogP contribution in [0.2, 0.25) is 0 Å². The van der Waals surface area contributed by atoms with Gasteiger partial charge in [0.15, 0.2) is 11.5 Å². The Morgan fingerprint density at radius 3 is 2.81 bits per heavy atom. The fourth-order valence-electron chi connectivity index (χ4n) is 2.54. The van der Waals surface area contributed by atoms with Gasteiger partial charge < -0.3 is 24.4 Å². The summed E-state index contributed by atoms with van der Waals surface area (Å²) in [6, 6.07) is 11.0. The van der Waals surface area contributed by atoms with E-state index >= 15 is 0 Å². The van der Waals surface area contributed by atoms with Crippen molar-refractivity contribution in [2.45, 2.75) is 20.1 Å². The first-order valence-corrected chi connectivity index (χ1v) is 8.04. The molecule has 0 fully saturated rings. The van der Waals surface area contributed by atoms with Crippen LogP contribution in [0.5, 0.6) is 17.2 Å². The number of hydrogen-bond acceptors (Lipinski definition) is 4. The number of hydrogen-bond donors (Lipinski definition) is 1. The number of urea groups is 1. The van der Waals surface area contributed by atoms with Crippen molar-refractivity contribution in [2.24, 2.45) is 0 Å². The number of carbonyl (C=O) groups excluding carboxylic acids is 1. The van der Waals surface area contributed by atoms with Crippen LogP contribution in [0.4, 0.5) is 19.3 Å². The Labute approximate surface area is 149 Å². The predicted molar refractivity (Wildman–Crippen MR) is 90.7 cm³/mol. The number of halogens is 2. The maximum absolute atomic E-state index is 12.5. The molecule has 2 aromatic rings. The zero-order valence-electron chi connectivity index (χ0n) is 14.1. The molecule has 3 rings (SSSR count). The highest BCUT2D eigenvalue weighted by molar-refractivity contribution is 5.89. The molecule has 8 heteroatoms. The highest BCUT2D eigenvalue weighted by atomic mass is 19.3. The van der Waals surface area contributed by atoms with E-state index in [9.17, 15) is 13.6 Å². The lowest BCUT2D eigenvalue weighted by Gasteiger charge is -2.22. The van der Waals surface area contributed by atoms with Crippen LogP contribution in [0.15, 0.2) is 42.5 Å². The summed E-state index contributed by atoms with van der Waals surface area (Å²) >= 11 is 0. The summed E-state index contributed by atoms with van der Waals surface area (Å²) in [5.74, 6) is 1.31. The van der Waals surface area contributed by atoms with E-state index in [1.165, 1.54) is 18.2 Å². The van der Waals surface area contributed by atoms with Crippen LogP contribution < -0.4 is 19.5 Å². The molecule has 0 aromatic heterocycles. The summed E-state index contributed by atoms with van der Waals surface area (Å²) in [5.41, 5.74) is 1.26.